The topological polar surface area (TPSA) is 76.0 Å². The lowest BCUT2D eigenvalue weighted by Crippen LogP contribution is -2.28. The van der Waals surface area contributed by atoms with E-state index < -0.39 is 28.6 Å². The smallest absolute Gasteiger partial charge is 0.366 e. The van der Waals surface area contributed by atoms with Crippen molar-refractivity contribution in [1.29, 1.82) is 0 Å². The second kappa shape index (κ2) is 3.17. The number of H-pyrrole nitrogens is 1. The van der Waals surface area contributed by atoms with Crippen molar-refractivity contribution in [3.63, 3.8) is 0 Å². The number of hydrogen-bond acceptors (Lipinski definition) is 2. The molecule has 7 heteroatoms. The summed E-state index contributed by atoms with van der Waals surface area (Å²) in [6.45, 7) is 0. The van der Waals surface area contributed by atoms with E-state index >= 15 is 0 Å². The quantitative estimate of drug-likeness (QED) is 0.701. The molecule has 1 aromatic rings. The van der Waals surface area contributed by atoms with Crippen LogP contribution in [0.4, 0.5) is 13.2 Å². The van der Waals surface area contributed by atoms with Gasteiger partial charge in [-0.2, -0.15) is 13.2 Å². The summed E-state index contributed by atoms with van der Waals surface area (Å²) < 4.78 is 36.4. The average molecular weight is 206 g/mol. The highest BCUT2D eigenvalue weighted by Crippen LogP contribution is 2.25. The number of rotatable bonds is 1. The maximum absolute atomic E-state index is 12.1. The van der Waals surface area contributed by atoms with Crippen LogP contribution in [0.25, 0.3) is 0 Å². The summed E-state index contributed by atoms with van der Waals surface area (Å²) >= 11 is 0. The van der Waals surface area contributed by atoms with Crippen LogP contribution in [0.1, 0.15) is 15.9 Å². The van der Waals surface area contributed by atoms with Crippen molar-refractivity contribution >= 4 is 5.91 Å². The van der Waals surface area contributed by atoms with Crippen LogP contribution in [0.3, 0.4) is 0 Å². The largest absolute Gasteiger partial charge is 0.421 e. The zero-order chi connectivity index (χ0) is 10.9. The van der Waals surface area contributed by atoms with Crippen molar-refractivity contribution < 1.29 is 18.0 Å². The van der Waals surface area contributed by atoms with Gasteiger partial charge in [-0.3, -0.25) is 9.59 Å². The van der Waals surface area contributed by atoms with Gasteiger partial charge in [0.1, 0.15) is 11.1 Å². The average Bonchev–Trinajstić information content (AvgIpc) is 2.01. The first kappa shape index (κ1) is 10.3. The Morgan fingerprint density at radius 3 is 2.36 bits per heavy atom. The van der Waals surface area contributed by atoms with E-state index in [-0.39, 0.29) is 0 Å². The fourth-order valence-corrected chi connectivity index (χ4v) is 0.878. The Hall–Kier alpha value is -1.79. The molecule has 0 unspecified atom stereocenters. The number of nitrogens with one attached hydrogen (secondary N) is 1. The van der Waals surface area contributed by atoms with Gasteiger partial charge < -0.3 is 10.7 Å². The summed E-state index contributed by atoms with van der Waals surface area (Å²) in [5, 5.41) is 0. The van der Waals surface area contributed by atoms with E-state index in [9.17, 15) is 22.8 Å². The predicted octanol–water partition coefficient (Wildman–Crippen LogP) is 0.493. The van der Waals surface area contributed by atoms with Crippen molar-refractivity contribution in [3.05, 3.63) is 33.7 Å². The van der Waals surface area contributed by atoms with Crippen LogP contribution in [0.15, 0.2) is 17.2 Å². The lowest BCUT2D eigenvalue weighted by atomic mass is 10.2. The molecule has 0 saturated carbocycles. The molecule has 0 bridgehead atoms. The van der Waals surface area contributed by atoms with Crippen LogP contribution < -0.4 is 11.2 Å². The number of amides is 1. The molecule has 0 aliphatic rings. The third kappa shape index (κ3) is 1.76. The Morgan fingerprint density at radius 2 is 1.93 bits per heavy atom. The Bertz CT molecular complexity index is 422. The van der Waals surface area contributed by atoms with E-state index in [2.05, 4.69) is 0 Å². The highest BCUT2D eigenvalue weighted by molar-refractivity contribution is 5.92. The number of carbonyl (C=O) groups is 1. The van der Waals surface area contributed by atoms with Crippen LogP contribution in [-0.4, -0.2) is 10.9 Å². The number of aromatic amines is 1. The molecule has 0 radical (unpaired) electrons. The van der Waals surface area contributed by atoms with Crippen LogP contribution in [-0.2, 0) is 6.18 Å². The Labute approximate surface area is 75.5 Å². The molecule has 0 aliphatic carbocycles. The lowest BCUT2D eigenvalue weighted by molar-refractivity contribution is -0.138. The van der Waals surface area contributed by atoms with Crippen LogP contribution in [0.5, 0.6) is 0 Å². The van der Waals surface area contributed by atoms with Gasteiger partial charge in [-0.15, -0.1) is 0 Å². The minimum absolute atomic E-state index is 0.481. The number of hydrogen-bond donors (Lipinski definition) is 2. The second-order valence-electron chi connectivity index (χ2n) is 2.47. The van der Waals surface area contributed by atoms with Crippen molar-refractivity contribution in [2.75, 3.05) is 0 Å². The van der Waals surface area contributed by atoms with Gasteiger partial charge in [0, 0.05) is 12.4 Å². The lowest BCUT2D eigenvalue weighted by Gasteiger charge is -2.05. The molecule has 1 rings (SSSR count). The number of nitrogens with two attached hydrogens (primary N) is 1. The summed E-state index contributed by atoms with van der Waals surface area (Å²) in [5.74, 6) is -1.20. The van der Waals surface area contributed by atoms with Crippen LogP contribution in [0.2, 0.25) is 0 Å². The molecule has 1 aromatic heterocycles. The Kier molecular flexibility index (Phi) is 2.33. The van der Waals surface area contributed by atoms with Crippen molar-refractivity contribution in [2.45, 2.75) is 6.18 Å². The first-order valence-electron chi connectivity index (χ1n) is 3.42. The number of primary amides is 1. The van der Waals surface area contributed by atoms with Crippen LogP contribution in [0, 0.1) is 0 Å². The summed E-state index contributed by atoms with van der Waals surface area (Å²) in [6, 6.07) is 0. The zero-order valence-corrected chi connectivity index (χ0v) is 6.68. The normalized spacial score (nSPS) is 11.4. The van der Waals surface area contributed by atoms with E-state index in [0.717, 1.165) is 6.20 Å². The molecular formula is C7H5F3N2O2. The molecule has 0 aliphatic heterocycles. The molecule has 1 amide bonds. The number of halogens is 3. The van der Waals surface area contributed by atoms with Crippen molar-refractivity contribution in [1.82, 2.24) is 4.98 Å². The fourth-order valence-electron chi connectivity index (χ4n) is 0.878. The van der Waals surface area contributed by atoms with E-state index in [1.54, 1.807) is 0 Å². The van der Waals surface area contributed by atoms with E-state index in [0.29, 0.717) is 6.20 Å². The van der Waals surface area contributed by atoms with E-state index in [1.807, 2.05) is 4.98 Å². The van der Waals surface area contributed by atoms with E-state index in [1.165, 1.54) is 0 Å². The number of aromatic nitrogens is 1. The first-order valence-corrected chi connectivity index (χ1v) is 3.42. The Morgan fingerprint density at radius 1 is 1.36 bits per heavy atom. The van der Waals surface area contributed by atoms with Crippen molar-refractivity contribution in [3.8, 4) is 0 Å². The highest BCUT2D eigenvalue weighted by Gasteiger charge is 2.34. The summed E-state index contributed by atoms with van der Waals surface area (Å²) in [5.41, 5.74) is 1.14. The first-order chi connectivity index (χ1) is 6.34. The third-order valence-corrected chi connectivity index (χ3v) is 1.52. The molecule has 76 valence electrons. The number of carbonyl (C=O) groups excluding carboxylic acids is 1. The molecule has 0 fully saturated rings. The Balaban J connectivity index is 3.44. The molecule has 0 atom stereocenters. The molecule has 3 N–H and O–H groups in total. The third-order valence-electron chi connectivity index (χ3n) is 1.52. The van der Waals surface area contributed by atoms with Gasteiger partial charge in [0.05, 0.1) is 0 Å². The maximum Gasteiger partial charge on any atom is 0.421 e. The molecule has 14 heavy (non-hydrogen) atoms. The standard InChI is InChI=1S/C7H5F3N2O2/c8-7(9,10)4-2-12-1-3(5(4)13)6(11)14/h1-2H,(H2,11,14)(H,12,13). The predicted molar refractivity (Wildman–Crippen MR) is 40.6 cm³/mol. The van der Waals surface area contributed by atoms with Gasteiger partial charge in [-0.05, 0) is 0 Å². The zero-order valence-electron chi connectivity index (χ0n) is 6.68. The minimum atomic E-state index is -4.79. The maximum atomic E-state index is 12.1. The molecule has 0 spiro atoms. The second-order valence-corrected chi connectivity index (χ2v) is 2.47. The molecule has 4 nitrogen and oxygen atoms in total. The van der Waals surface area contributed by atoms with Gasteiger partial charge >= 0.3 is 6.18 Å². The van der Waals surface area contributed by atoms with Crippen LogP contribution >= 0.6 is 0 Å². The molecule has 0 aromatic carbocycles. The fraction of sp³-hybridized carbons (Fsp3) is 0.143. The minimum Gasteiger partial charge on any atom is -0.366 e. The van der Waals surface area contributed by atoms with Gasteiger partial charge in [-0.25, -0.2) is 0 Å². The number of alkyl halides is 3. The molecular weight excluding hydrogens is 201 g/mol. The van der Waals surface area contributed by atoms with Gasteiger partial charge in [0.15, 0.2) is 0 Å². The summed E-state index contributed by atoms with van der Waals surface area (Å²) in [7, 11) is 0. The molecule has 0 saturated heterocycles. The highest BCUT2D eigenvalue weighted by atomic mass is 19.4. The van der Waals surface area contributed by atoms with Gasteiger partial charge in [-0.1, -0.05) is 0 Å². The monoisotopic (exact) mass is 206 g/mol. The van der Waals surface area contributed by atoms with E-state index in [4.69, 9.17) is 5.73 Å². The van der Waals surface area contributed by atoms with Gasteiger partial charge in [0.25, 0.3) is 5.91 Å². The SMILES string of the molecule is NC(=O)c1c[nH]cc(C(F)(F)F)c1=O. The van der Waals surface area contributed by atoms with Gasteiger partial charge in [0.2, 0.25) is 5.43 Å². The summed E-state index contributed by atoms with van der Waals surface area (Å²) in [6.07, 6.45) is -3.48. The van der Waals surface area contributed by atoms with Crippen molar-refractivity contribution in [2.24, 2.45) is 5.73 Å². The molecule has 1 heterocycles. The number of pyridine rings is 1. The summed E-state index contributed by atoms with van der Waals surface area (Å²) in [4.78, 5) is 23.6.